The van der Waals surface area contributed by atoms with Crippen molar-refractivity contribution in [2.45, 2.75) is 6.61 Å². The highest BCUT2D eigenvalue weighted by Crippen LogP contribution is 2.24. The van der Waals surface area contributed by atoms with E-state index in [9.17, 15) is 14.7 Å². The number of aromatic carboxylic acids is 1. The normalized spacial score (nSPS) is 10.9. The lowest BCUT2D eigenvalue weighted by Gasteiger charge is -2.06. The van der Waals surface area contributed by atoms with E-state index in [1.165, 1.54) is 6.08 Å². The van der Waals surface area contributed by atoms with Gasteiger partial charge in [-0.1, -0.05) is 60.7 Å². The molecule has 4 nitrogen and oxygen atoms in total. The molecule has 0 aliphatic heterocycles. The fraction of sp³-hybridized carbons (Fsp3) is 0.0476. The van der Waals surface area contributed by atoms with Gasteiger partial charge in [0.05, 0.1) is 5.56 Å². The Morgan fingerprint density at radius 1 is 0.880 bits per heavy atom. The van der Waals surface area contributed by atoms with Crippen molar-refractivity contribution in [1.82, 2.24) is 0 Å². The van der Waals surface area contributed by atoms with E-state index in [1.807, 2.05) is 42.5 Å². The number of carbonyl (C=O) groups is 2. The van der Waals surface area contributed by atoms with Crippen molar-refractivity contribution < 1.29 is 19.4 Å². The summed E-state index contributed by atoms with van der Waals surface area (Å²) in [5.74, 6) is -1.43. The van der Waals surface area contributed by atoms with E-state index in [0.29, 0.717) is 5.39 Å². The predicted molar refractivity (Wildman–Crippen MR) is 96.2 cm³/mol. The van der Waals surface area contributed by atoms with Crippen LogP contribution in [0.15, 0.2) is 72.8 Å². The molecule has 1 N–H and O–H groups in total. The summed E-state index contributed by atoms with van der Waals surface area (Å²) in [5, 5.41) is 10.7. The van der Waals surface area contributed by atoms with Crippen molar-refractivity contribution in [3.8, 4) is 0 Å². The van der Waals surface area contributed by atoms with Gasteiger partial charge < -0.3 is 9.84 Å². The van der Waals surface area contributed by atoms with Crippen molar-refractivity contribution in [2.75, 3.05) is 0 Å². The summed E-state index contributed by atoms with van der Waals surface area (Å²) in [4.78, 5) is 23.2. The summed E-state index contributed by atoms with van der Waals surface area (Å²) < 4.78 is 5.20. The molecule has 4 heteroatoms. The number of benzene rings is 3. The van der Waals surface area contributed by atoms with Crippen LogP contribution in [0.25, 0.3) is 16.8 Å². The van der Waals surface area contributed by atoms with Crippen molar-refractivity contribution in [1.29, 1.82) is 0 Å². The van der Waals surface area contributed by atoms with Crippen LogP contribution < -0.4 is 0 Å². The molecular formula is C21H16O4. The van der Waals surface area contributed by atoms with Gasteiger partial charge in [-0.05, 0) is 34.0 Å². The highest BCUT2D eigenvalue weighted by Gasteiger charge is 2.10. The number of hydrogen-bond donors (Lipinski definition) is 1. The van der Waals surface area contributed by atoms with Gasteiger partial charge in [-0.15, -0.1) is 0 Å². The number of rotatable bonds is 5. The molecule has 0 aliphatic rings. The Balaban J connectivity index is 1.78. The maximum atomic E-state index is 11.9. The first-order valence-corrected chi connectivity index (χ1v) is 7.79. The number of carboxylic acid groups (broad SMARTS) is 1. The summed E-state index contributed by atoms with van der Waals surface area (Å²) in [6.07, 6.45) is 2.99. The van der Waals surface area contributed by atoms with Crippen LogP contribution in [-0.2, 0) is 16.1 Å². The van der Waals surface area contributed by atoms with Gasteiger partial charge in [0.15, 0.2) is 0 Å². The van der Waals surface area contributed by atoms with Crippen molar-refractivity contribution in [3.63, 3.8) is 0 Å². The van der Waals surface area contributed by atoms with Crippen LogP contribution >= 0.6 is 0 Å². The van der Waals surface area contributed by atoms with Gasteiger partial charge in [-0.3, -0.25) is 0 Å². The van der Waals surface area contributed by atoms with Crippen molar-refractivity contribution in [2.24, 2.45) is 0 Å². The first kappa shape index (κ1) is 16.5. The Morgan fingerprint density at radius 3 is 2.28 bits per heavy atom. The second kappa shape index (κ2) is 7.45. The van der Waals surface area contributed by atoms with Crippen LogP contribution in [0.2, 0.25) is 0 Å². The van der Waals surface area contributed by atoms with Crippen LogP contribution in [0.4, 0.5) is 0 Å². The highest BCUT2D eigenvalue weighted by atomic mass is 16.5. The van der Waals surface area contributed by atoms with E-state index in [0.717, 1.165) is 16.5 Å². The van der Waals surface area contributed by atoms with Gasteiger partial charge in [0.2, 0.25) is 0 Å². The standard InChI is InChI=1S/C21H16O4/c22-20(25-14-15-6-2-1-3-7-15)13-11-16-10-12-19(21(23)24)18-9-5-4-8-17(16)18/h1-13H,14H2,(H,23,24)/b13-11+. The smallest absolute Gasteiger partial charge is 0.336 e. The topological polar surface area (TPSA) is 63.6 Å². The quantitative estimate of drug-likeness (QED) is 0.559. The van der Waals surface area contributed by atoms with Gasteiger partial charge in [0.25, 0.3) is 0 Å². The number of esters is 1. The zero-order valence-corrected chi connectivity index (χ0v) is 13.4. The van der Waals surface area contributed by atoms with E-state index in [1.54, 1.807) is 30.3 Å². The largest absolute Gasteiger partial charge is 0.478 e. The molecule has 0 saturated carbocycles. The maximum absolute atomic E-state index is 11.9. The molecule has 25 heavy (non-hydrogen) atoms. The lowest BCUT2D eigenvalue weighted by atomic mass is 9.99. The number of carbonyl (C=O) groups excluding carboxylic acids is 1. The number of ether oxygens (including phenoxy) is 1. The monoisotopic (exact) mass is 332 g/mol. The molecule has 0 saturated heterocycles. The molecule has 0 amide bonds. The molecule has 3 rings (SSSR count). The van der Waals surface area contributed by atoms with Crippen LogP contribution in [0.5, 0.6) is 0 Å². The Hall–Kier alpha value is -3.40. The average Bonchev–Trinajstić information content (AvgIpc) is 2.65. The molecule has 0 radical (unpaired) electrons. The fourth-order valence-electron chi connectivity index (χ4n) is 2.59. The van der Waals surface area contributed by atoms with E-state index in [2.05, 4.69) is 0 Å². The molecule has 0 heterocycles. The Bertz CT molecular complexity index is 943. The number of hydrogen-bond acceptors (Lipinski definition) is 3. The fourth-order valence-corrected chi connectivity index (χ4v) is 2.59. The zero-order chi connectivity index (χ0) is 17.6. The van der Waals surface area contributed by atoms with E-state index in [4.69, 9.17) is 4.74 Å². The molecule has 0 aromatic heterocycles. The third kappa shape index (κ3) is 3.93. The molecule has 0 unspecified atom stereocenters. The zero-order valence-electron chi connectivity index (χ0n) is 13.4. The summed E-state index contributed by atoms with van der Waals surface area (Å²) in [6.45, 7) is 0.211. The van der Waals surface area contributed by atoms with Crippen LogP contribution in [0.1, 0.15) is 21.5 Å². The second-order valence-electron chi connectivity index (χ2n) is 5.48. The third-order valence-corrected chi connectivity index (χ3v) is 3.81. The summed E-state index contributed by atoms with van der Waals surface area (Å²) in [7, 11) is 0. The van der Waals surface area contributed by atoms with Crippen molar-refractivity contribution in [3.05, 3.63) is 89.5 Å². The lowest BCUT2D eigenvalue weighted by Crippen LogP contribution is -2.01. The summed E-state index contributed by atoms with van der Waals surface area (Å²) >= 11 is 0. The molecule has 0 fully saturated rings. The first-order chi connectivity index (χ1) is 12.1. The SMILES string of the molecule is O=C(/C=C/c1ccc(C(=O)O)c2ccccc12)OCc1ccccc1. The first-order valence-electron chi connectivity index (χ1n) is 7.79. The number of carboxylic acids is 1. The van der Waals surface area contributed by atoms with E-state index in [-0.39, 0.29) is 12.2 Å². The molecule has 0 spiro atoms. The van der Waals surface area contributed by atoms with E-state index >= 15 is 0 Å². The minimum Gasteiger partial charge on any atom is -0.478 e. The van der Waals surface area contributed by atoms with Gasteiger partial charge in [0, 0.05) is 6.08 Å². The molecule has 0 aliphatic carbocycles. The van der Waals surface area contributed by atoms with Gasteiger partial charge in [-0.2, -0.15) is 0 Å². The minimum absolute atomic E-state index is 0.211. The maximum Gasteiger partial charge on any atom is 0.336 e. The van der Waals surface area contributed by atoms with Gasteiger partial charge in [0.1, 0.15) is 6.61 Å². The second-order valence-corrected chi connectivity index (χ2v) is 5.48. The Kier molecular flexibility index (Phi) is 4.90. The van der Waals surface area contributed by atoms with Crippen LogP contribution in [-0.4, -0.2) is 17.0 Å². The van der Waals surface area contributed by atoms with E-state index < -0.39 is 11.9 Å². The lowest BCUT2D eigenvalue weighted by molar-refractivity contribution is -0.138. The average molecular weight is 332 g/mol. The molecule has 3 aromatic carbocycles. The molecular weight excluding hydrogens is 316 g/mol. The molecule has 0 atom stereocenters. The van der Waals surface area contributed by atoms with Gasteiger partial charge >= 0.3 is 11.9 Å². The van der Waals surface area contributed by atoms with Crippen LogP contribution in [0.3, 0.4) is 0 Å². The molecule has 124 valence electrons. The van der Waals surface area contributed by atoms with Crippen molar-refractivity contribution >= 4 is 28.8 Å². The Labute approximate surface area is 145 Å². The summed E-state index contributed by atoms with van der Waals surface area (Å²) in [6, 6.07) is 19.9. The van der Waals surface area contributed by atoms with Crippen LogP contribution in [0, 0.1) is 0 Å². The minimum atomic E-state index is -0.978. The Morgan fingerprint density at radius 2 is 1.56 bits per heavy atom. The predicted octanol–water partition coefficient (Wildman–Crippen LogP) is 4.29. The summed E-state index contributed by atoms with van der Waals surface area (Å²) in [5.41, 5.74) is 1.91. The van der Waals surface area contributed by atoms with Gasteiger partial charge in [-0.25, -0.2) is 9.59 Å². The third-order valence-electron chi connectivity index (χ3n) is 3.81. The highest BCUT2D eigenvalue weighted by molar-refractivity contribution is 6.06. The molecule has 0 bridgehead atoms. The molecule has 3 aromatic rings. The number of fused-ring (bicyclic) bond motifs is 1.